The van der Waals surface area contributed by atoms with Crippen molar-refractivity contribution in [1.82, 2.24) is 20.0 Å². The smallest absolute Gasteiger partial charge is 0.318 e. The van der Waals surface area contributed by atoms with E-state index in [2.05, 4.69) is 15.5 Å². The first-order valence-electron chi connectivity index (χ1n) is 7.13. The van der Waals surface area contributed by atoms with Crippen LogP contribution in [0.4, 0.5) is 23.2 Å². The first-order chi connectivity index (χ1) is 12.2. The van der Waals surface area contributed by atoms with Crippen molar-refractivity contribution < 1.29 is 22.4 Å². The summed E-state index contributed by atoms with van der Waals surface area (Å²) in [6, 6.07) is 4.85. The molecular weight excluding hydrogens is 378 g/mol. The van der Waals surface area contributed by atoms with Crippen molar-refractivity contribution in [2.24, 2.45) is 0 Å². The van der Waals surface area contributed by atoms with E-state index in [9.17, 15) is 22.4 Å². The van der Waals surface area contributed by atoms with Crippen molar-refractivity contribution >= 4 is 23.2 Å². The third-order valence-electron chi connectivity index (χ3n) is 3.39. The number of alkyl halides is 3. The number of amides is 1. The summed E-state index contributed by atoms with van der Waals surface area (Å²) in [6.45, 7) is 0.0159. The quantitative estimate of drug-likeness (QED) is 0.670. The molecule has 1 aromatic carbocycles. The lowest BCUT2D eigenvalue weighted by molar-refractivity contribution is -0.141. The van der Waals surface area contributed by atoms with Gasteiger partial charge in [0.15, 0.2) is 5.69 Å². The zero-order chi connectivity index (χ0) is 18.9. The van der Waals surface area contributed by atoms with Gasteiger partial charge in [0.05, 0.1) is 18.4 Å². The molecule has 0 radical (unpaired) electrons. The van der Waals surface area contributed by atoms with Gasteiger partial charge in [-0.15, -0.1) is 0 Å². The predicted molar refractivity (Wildman–Crippen MR) is 84.3 cm³/mol. The zero-order valence-electron chi connectivity index (χ0n) is 12.8. The van der Waals surface area contributed by atoms with Gasteiger partial charge in [-0.05, 0) is 12.1 Å². The van der Waals surface area contributed by atoms with Crippen LogP contribution in [0.1, 0.15) is 21.7 Å². The first kappa shape index (κ1) is 17.9. The second-order valence-electron chi connectivity index (χ2n) is 5.25. The Labute approximate surface area is 148 Å². The molecule has 6 nitrogen and oxygen atoms in total. The highest BCUT2D eigenvalue weighted by Crippen LogP contribution is 2.27. The molecule has 2 N–H and O–H groups in total. The number of aromatic amines is 1. The van der Waals surface area contributed by atoms with E-state index in [0.29, 0.717) is 6.07 Å². The maximum absolute atomic E-state index is 13.8. The van der Waals surface area contributed by atoms with Crippen LogP contribution in [-0.4, -0.2) is 25.9 Å². The number of anilines is 1. The molecule has 26 heavy (non-hydrogen) atoms. The van der Waals surface area contributed by atoms with Crippen LogP contribution in [0.2, 0.25) is 5.02 Å². The topological polar surface area (TPSA) is 75.6 Å². The maximum atomic E-state index is 13.8. The molecule has 2 heterocycles. The fourth-order valence-corrected chi connectivity index (χ4v) is 2.36. The molecule has 1 amide bonds. The summed E-state index contributed by atoms with van der Waals surface area (Å²) in [5, 5.41) is 11.6. The SMILES string of the molecule is O=C(Nc1cnn(Cc2c(F)cccc2Cl)c1)c1cc(C(F)(F)F)[nH]n1. The summed E-state index contributed by atoms with van der Waals surface area (Å²) < 4.78 is 52.6. The molecule has 11 heteroatoms. The van der Waals surface area contributed by atoms with E-state index >= 15 is 0 Å². The van der Waals surface area contributed by atoms with E-state index < -0.39 is 29.3 Å². The van der Waals surface area contributed by atoms with E-state index in [1.165, 1.54) is 35.3 Å². The van der Waals surface area contributed by atoms with Crippen molar-refractivity contribution in [3.8, 4) is 0 Å². The van der Waals surface area contributed by atoms with Crippen molar-refractivity contribution in [3.63, 3.8) is 0 Å². The largest absolute Gasteiger partial charge is 0.432 e. The Morgan fingerprint density at radius 3 is 2.77 bits per heavy atom. The molecule has 3 aromatic rings. The number of halogens is 5. The van der Waals surface area contributed by atoms with Gasteiger partial charge in [-0.1, -0.05) is 17.7 Å². The zero-order valence-corrected chi connectivity index (χ0v) is 13.6. The Morgan fingerprint density at radius 1 is 1.35 bits per heavy atom. The van der Waals surface area contributed by atoms with Crippen LogP contribution in [0.3, 0.4) is 0 Å². The van der Waals surface area contributed by atoms with Gasteiger partial charge < -0.3 is 5.32 Å². The molecule has 0 bridgehead atoms. The van der Waals surface area contributed by atoms with E-state index in [1.807, 2.05) is 0 Å². The molecule has 136 valence electrons. The van der Waals surface area contributed by atoms with Gasteiger partial charge in [-0.25, -0.2) is 4.39 Å². The number of hydrogen-bond donors (Lipinski definition) is 2. The molecule has 2 aromatic heterocycles. The molecular formula is C15H10ClF4N5O. The van der Waals surface area contributed by atoms with Crippen LogP contribution in [0.25, 0.3) is 0 Å². The number of carbonyl (C=O) groups is 1. The van der Waals surface area contributed by atoms with Crippen LogP contribution < -0.4 is 5.32 Å². The molecule has 0 fully saturated rings. The monoisotopic (exact) mass is 387 g/mol. The maximum Gasteiger partial charge on any atom is 0.432 e. The molecule has 0 saturated carbocycles. The lowest BCUT2D eigenvalue weighted by Crippen LogP contribution is -2.12. The van der Waals surface area contributed by atoms with Crippen molar-refractivity contribution in [2.75, 3.05) is 5.32 Å². The molecule has 0 spiro atoms. The first-order valence-corrected chi connectivity index (χ1v) is 7.51. The predicted octanol–water partition coefficient (Wildman–Crippen LogP) is 3.72. The lowest BCUT2D eigenvalue weighted by Gasteiger charge is -2.05. The Bertz CT molecular complexity index is 929. The van der Waals surface area contributed by atoms with Gasteiger partial charge in [0, 0.05) is 22.8 Å². The fourth-order valence-electron chi connectivity index (χ4n) is 2.14. The number of hydrogen-bond acceptors (Lipinski definition) is 3. The van der Waals surface area contributed by atoms with E-state index in [1.54, 1.807) is 5.10 Å². The minimum absolute atomic E-state index is 0.0159. The number of benzene rings is 1. The Kier molecular flexibility index (Phi) is 4.68. The van der Waals surface area contributed by atoms with Crippen molar-refractivity contribution in [1.29, 1.82) is 0 Å². The molecule has 0 aliphatic heterocycles. The minimum Gasteiger partial charge on any atom is -0.318 e. The summed E-state index contributed by atoms with van der Waals surface area (Å²) >= 11 is 5.94. The third-order valence-corrected chi connectivity index (χ3v) is 3.74. The van der Waals surface area contributed by atoms with Crippen molar-refractivity contribution in [2.45, 2.75) is 12.7 Å². The molecule has 0 saturated heterocycles. The number of nitrogens with one attached hydrogen (secondary N) is 2. The van der Waals surface area contributed by atoms with Crippen molar-refractivity contribution in [3.05, 3.63) is 64.5 Å². The molecule has 0 unspecified atom stereocenters. The van der Waals surface area contributed by atoms with Crippen LogP contribution in [0, 0.1) is 5.82 Å². The van der Waals surface area contributed by atoms with Crippen LogP contribution in [0.15, 0.2) is 36.7 Å². The number of H-pyrrole nitrogens is 1. The Hall–Kier alpha value is -2.88. The number of aromatic nitrogens is 4. The standard InChI is InChI=1S/C15H10ClF4N5O/c16-10-2-1-3-11(17)9(10)7-25-6-8(5-21-25)22-14(26)12-4-13(24-23-12)15(18,19)20/h1-6H,7H2,(H,22,26)(H,23,24). The average Bonchev–Trinajstić information content (AvgIpc) is 3.20. The molecule has 3 rings (SSSR count). The number of nitrogens with zero attached hydrogens (tertiary/aromatic N) is 3. The summed E-state index contributed by atoms with van der Waals surface area (Å²) in [5.41, 5.74) is -1.13. The summed E-state index contributed by atoms with van der Waals surface area (Å²) in [4.78, 5) is 12.0. The molecule has 0 aliphatic rings. The normalized spacial score (nSPS) is 11.6. The summed E-state index contributed by atoms with van der Waals surface area (Å²) in [6.07, 6.45) is -1.97. The van der Waals surface area contributed by atoms with Gasteiger partial charge in [0.2, 0.25) is 0 Å². The molecule has 0 aliphatic carbocycles. The van der Waals surface area contributed by atoms with Gasteiger partial charge in [0.25, 0.3) is 5.91 Å². The second-order valence-corrected chi connectivity index (χ2v) is 5.65. The van der Waals surface area contributed by atoms with E-state index in [-0.39, 0.29) is 22.8 Å². The highest BCUT2D eigenvalue weighted by molar-refractivity contribution is 6.31. The lowest BCUT2D eigenvalue weighted by atomic mass is 10.2. The van der Waals surface area contributed by atoms with Crippen LogP contribution >= 0.6 is 11.6 Å². The molecule has 0 atom stereocenters. The average molecular weight is 388 g/mol. The number of carbonyl (C=O) groups excluding carboxylic acids is 1. The summed E-state index contributed by atoms with van der Waals surface area (Å²) in [5.74, 6) is -1.35. The Morgan fingerprint density at radius 2 is 2.12 bits per heavy atom. The Balaban J connectivity index is 1.70. The third kappa shape index (κ3) is 3.85. The van der Waals surface area contributed by atoms with Crippen LogP contribution in [0.5, 0.6) is 0 Å². The van der Waals surface area contributed by atoms with E-state index in [4.69, 9.17) is 11.6 Å². The van der Waals surface area contributed by atoms with Gasteiger partial charge in [-0.3, -0.25) is 14.6 Å². The summed E-state index contributed by atoms with van der Waals surface area (Å²) in [7, 11) is 0. The minimum atomic E-state index is -4.63. The van der Waals surface area contributed by atoms with Gasteiger partial charge in [0.1, 0.15) is 11.5 Å². The van der Waals surface area contributed by atoms with E-state index in [0.717, 1.165) is 0 Å². The highest BCUT2D eigenvalue weighted by Gasteiger charge is 2.33. The number of rotatable bonds is 4. The van der Waals surface area contributed by atoms with Gasteiger partial charge >= 0.3 is 6.18 Å². The van der Waals surface area contributed by atoms with Crippen LogP contribution in [-0.2, 0) is 12.7 Å². The second kappa shape index (κ2) is 6.79. The highest BCUT2D eigenvalue weighted by atomic mass is 35.5. The fraction of sp³-hybridized carbons (Fsp3) is 0.133. The van der Waals surface area contributed by atoms with Gasteiger partial charge in [-0.2, -0.15) is 23.4 Å².